The van der Waals surface area contributed by atoms with E-state index >= 15 is 0 Å². The van der Waals surface area contributed by atoms with E-state index in [0.717, 1.165) is 0 Å². The number of esters is 1. The Hall–Kier alpha value is -1.37. The standard InChI is InChI=1S/C10H15NO5S/c1-2-3-10(13)16-6-9(12)11-8-4-5-17(14,15)7-8/h2-3,8H,4-7H2,1H3,(H,11,12)/b3-2+/t8-/m1/s1. The number of ether oxygens (including phenoxy) is 1. The second-order valence-electron chi connectivity index (χ2n) is 3.78. The van der Waals surface area contributed by atoms with E-state index < -0.39 is 21.7 Å². The fourth-order valence-electron chi connectivity index (χ4n) is 1.50. The van der Waals surface area contributed by atoms with E-state index in [4.69, 9.17) is 0 Å². The van der Waals surface area contributed by atoms with Crippen LogP contribution in [0.4, 0.5) is 0 Å². The zero-order chi connectivity index (χ0) is 12.9. The van der Waals surface area contributed by atoms with Crippen molar-refractivity contribution in [1.82, 2.24) is 5.32 Å². The highest BCUT2D eigenvalue weighted by Crippen LogP contribution is 2.10. The number of nitrogens with one attached hydrogen (secondary N) is 1. The van der Waals surface area contributed by atoms with Gasteiger partial charge in [0.25, 0.3) is 5.91 Å². The van der Waals surface area contributed by atoms with E-state index in [2.05, 4.69) is 10.1 Å². The number of hydrogen-bond acceptors (Lipinski definition) is 5. The maximum atomic E-state index is 11.3. The average Bonchev–Trinajstić information content (AvgIpc) is 2.55. The van der Waals surface area contributed by atoms with E-state index in [9.17, 15) is 18.0 Å². The number of allylic oxidation sites excluding steroid dienone is 1. The number of amides is 1. The quantitative estimate of drug-likeness (QED) is 0.539. The van der Waals surface area contributed by atoms with E-state index in [0.29, 0.717) is 6.42 Å². The third-order valence-electron chi connectivity index (χ3n) is 2.25. The fraction of sp³-hybridized carbons (Fsp3) is 0.600. The van der Waals surface area contributed by atoms with Gasteiger partial charge in [-0.05, 0) is 13.3 Å². The Morgan fingerprint density at radius 2 is 2.18 bits per heavy atom. The molecule has 17 heavy (non-hydrogen) atoms. The van der Waals surface area contributed by atoms with Crippen LogP contribution in [-0.4, -0.2) is 44.4 Å². The molecule has 0 aromatic heterocycles. The van der Waals surface area contributed by atoms with E-state index in [1.54, 1.807) is 6.92 Å². The summed E-state index contributed by atoms with van der Waals surface area (Å²) in [6.07, 6.45) is 3.12. The Morgan fingerprint density at radius 1 is 1.47 bits per heavy atom. The molecule has 1 heterocycles. The molecule has 7 heteroatoms. The summed E-state index contributed by atoms with van der Waals surface area (Å²) < 4.78 is 26.9. The molecule has 1 N–H and O–H groups in total. The highest BCUT2D eigenvalue weighted by molar-refractivity contribution is 7.91. The summed E-state index contributed by atoms with van der Waals surface area (Å²) in [5.74, 6) is -1.02. The Bertz CT molecular complexity index is 426. The number of hydrogen-bond donors (Lipinski definition) is 1. The van der Waals surface area contributed by atoms with Crippen molar-refractivity contribution in [3.8, 4) is 0 Å². The smallest absolute Gasteiger partial charge is 0.330 e. The average molecular weight is 261 g/mol. The lowest BCUT2D eigenvalue weighted by Gasteiger charge is -2.10. The molecule has 1 amide bonds. The van der Waals surface area contributed by atoms with Crippen molar-refractivity contribution in [1.29, 1.82) is 0 Å². The first-order chi connectivity index (χ1) is 7.93. The first-order valence-electron chi connectivity index (χ1n) is 5.22. The molecule has 1 fully saturated rings. The first-order valence-corrected chi connectivity index (χ1v) is 7.04. The lowest BCUT2D eigenvalue weighted by atomic mass is 10.2. The number of carbonyl (C=O) groups excluding carboxylic acids is 2. The summed E-state index contributed by atoms with van der Waals surface area (Å²) in [7, 11) is -3.01. The first kappa shape index (κ1) is 13.7. The molecule has 0 aromatic carbocycles. The largest absolute Gasteiger partial charge is 0.452 e. The second kappa shape index (κ2) is 5.81. The molecule has 6 nitrogen and oxygen atoms in total. The lowest BCUT2D eigenvalue weighted by molar-refractivity contribution is -0.144. The molecule has 0 saturated carbocycles. The van der Waals surface area contributed by atoms with Gasteiger partial charge in [-0.25, -0.2) is 13.2 Å². The molecule has 0 aliphatic carbocycles. The predicted molar refractivity (Wildman–Crippen MR) is 61.0 cm³/mol. The third-order valence-corrected chi connectivity index (χ3v) is 4.01. The van der Waals surface area contributed by atoms with Gasteiger partial charge in [-0.15, -0.1) is 0 Å². The lowest BCUT2D eigenvalue weighted by Crippen LogP contribution is -2.38. The summed E-state index contributed by atoms with van der Waals surface area (Å²) in [6, 6.07) is -0.368. The van der Waals surface area contributed by atoms with Gasteiger partial charge in [-0.2, -0.15) is 0 Å². The van der Waals surface area contributed by atoms with Crippen molar-refractivity contribution in [2.24, 2.45) is 0 Å². The van der Waals surface area contributed by atoms with Crippen LogP contribution >= 0.6 is 0 Å². The van der Waals surface area contributed by atoms with E-state index in [-0.39, 0.29) is 24.2 Å². The van der Waals surface area contributed by atoms with Crippen molar-refractivity contribution < 1.29 is 22.7 Å². The predicted octanol–water partition coefficient (Wildman–Crippen LogP) is -0.591. The summed E-state index contributed by atoms with van der Waals surface area (Å²) in [5, 5.41) is 2.51. The third kappa shape index (κ3) is 4.99. The van der Waals surface area contributed by atoms with Gasteiger partial charge >= 0.3 is 5.97 Å². The van der Waals surface area contributed by atoms with Crippen LogP contribution in [0.15, 0.2) is 12.2 Å². The zero-order valence-electron chi connectivity index (χ0n) is 9.51. The summed E-state index contributed by atoms with van der Waals surface area (Å²) in [4.78, 5) is 22.2. The minimum absolute atomic E-state index is 0.0401. The zero-order valence-corrected chi connectivity index (χ0v) is 10.3. The van der Waals surface area contributed by atoms with Gasteiger partial charge in [0.2, 0.25) is 0 Å². The van der Waals surface area contributed by atoms with Gasteiger partial charge in [-0.3, -0.25) is 4.79 Å². The van der Waals surface area contributed by atoms with Gasteiger partial charge in [0, 0.05) is 12.1 Å². The van der Waals surface area contributed by atoms with Crippen LogP contribution in [0, 0.1) is 0 Å². The molecule has 1 aliphatic heterocycles. The highest BCUT2D eigenvalue weighted by atomic mass is 32.2. The number of carbonyl (C=O) groups is 2. The molecule has 0 radical (unpaired) electrons. The Morgan fingerprint density at radius 3 is 2.71 bits per heavy atom. The Labute approximate surface area is 99.9 Å². The van der Waals surface area contributed by atoms with Crippen molar-refractivity contribution in [3.05, 3.63) is 12.2 Å². The maximum absolute atomic E-state index is 11.3. The molecule has 96 valence electrons. The van der Waals surface area contributed by atoms with Crippen molar-refractivity contribution in [2.45, 2.75) is 19.4 Å². The minimum Gasteiger partial charge on any atom is -0.452 e. The summed E-state index contributed by atoms with van der Waals surface area (Å²) >= 11 is 0. The van der Waals surface area contributed by atoms with Crippen LogP contribution in [0.5, 0.6) is 0 Å². The Kier molecular flexibility index (Phi) is 4.68. The minimum atomic E-state index is -3.01. The van der Waals surface area contributed by atoms with Crippen LogP contribution in [0.3, 0.4) is 0 Å². The summed E-state index contributed by atoms with van der Waals surface area (Å²) in [6.45, 7) is 1.27. The number of rotatable bonds is 4. The molecular weight excluding hydrogens is 246 g/mol. The highest BCUT2D eigenvalue weighted by Gasteiger charge is 2.28. The molecule has 1 saturated heterocycles. The molecular formula is C10H15NO5S. The topological polar surface area (TPSA) is 89.5 Å². The second-order valence-corrected chi connectivity index (χ2v) is 6.00. The van der Waals surface area contributed by atoms with Gasteiger partial charge < -0.3 is 10.1 Å². The maximum Gasteiger partial charge on any atom is 0.330 e. The number of sulfone groups is 1. The van der Waals surface area contributed by atoms with Crippen LogP contribution in [0.25, 0.3) is 0 Å². The van der Waals surface area contributed by atoms with Gasteiger partial charge in [-0.1, -0.05) is 6.08 Å². The Balaban J connectivity index is 2.29. The van der Waals surface area contributed by atoms with Crippen LogP contribution in [0.2, 0.25) is 0 Å². The molecule has 1 atom stereocenters. The van der Waals surface area contributed by atoms with E-state index in [1.165, 1.54) is 12.2 Å². The van der Waals surface area contributed by atoms with Crippen LogP contribution < -0.4 is 5.32 Å². The van der Waals surface area contributed by atoms with Crippen LogP contribution in [-0.2, 0) is 24.2 Å². The van der Waals surface area contributed by atoms with Crippen molar-refractivity contribution >= 4 is 21.7 Å². The van der Waals surface area contributed by atoms with Crippen molar-refractivity contribution in [3.63, 3.8) is 0 Å². The van der Waals surface area contributed by atoms with Crippen LogP contribution in [0.1, 0.15) is 13.3 Å². The molecule has 1 aliphatic rings. The van der Waals surface area contributed by atoms with Gasteiger partial charge in [0.15, 0.2) is 16.4 Å². The fourth-order valence-corrected chi connectivity index (χ4v) is 3.17. The molecule has 0 spiro atoms. The molecule has 0 unspecified atom stereocenters. The molecule has 0 aromatic rings. The molecule has 1 rings (SSSR count). The van der Waals surface area contributed by atoms with E-state index in [1.807, 2.05) is 0 Å². The normalized spacial score (nSPS) is 22.5. The summed E-state index contributed by atoms with van der Waals surface area (Å²) in [5.41, 5.74) is 0. The van der Waals surface area contributed by atoms with Crippen molar-refractivity contribution in [2.75, 3.05) is 18.1 Å². The SMILES string of the molecule is C/C=C/C(=O)OCC(=O)N[C@@H]1CCS(=O)(=O)C1. The monoisotopic (exact) mass is 261 g/mol. The van der Waals surface area contributed by atoms with Gasteiger partial charge in [0.1, 0.15) is 0 Å². The van der Waals surface area contributed by atoms with Gasteiger partial charge in [0.05, 0.1) is 11.5 Å². The molecule has 0 bridgehead atoms.